The molecule has 2 N–H and O–H groups in total. The highest BCUT2D eigenvalue weighted by Crippen LogP contribution is 2.32. The quantitative estimate of drug-likeness (QED) is 0.485. The number of benzene rings is 2. The van der Waals surface area contributed by atoms with Crippen LogP contribution in [0.3, 0.4) is 0 Å². The van der Waals surface area contributed by atoms with Gasteiger partial charge in [0.05, 0.1) is 7.11 Å². The number of halogens is 1. The van der Waals surface area contributed by atoms with Gasteiger partial charge in [-0.1, -0.05) is 36.4 Å². The number of nitrogens with zero attached hydrogens (tertiary/aromatic N) is 1. The molecule has 0 bridgehead atoms. The highest BCUT2D eigenvalue weighted by atomic mass is 19.1. The predicted octanol–water partition coefficient (Wildman–Crippen LogP) is 4.13. The van der Waals surface area contributed by atoms with Gasteiger partial charge in [-0.3, -0.25) is 4.79 Å². The molecule has 2 aromatic carbocycles. The number of esters is 1. The van der Waals surface area contributed by atoms with Crippen LogP contribution >= 0.6 is 0 Å². The fraction of sp³-hybridized carbons (Fsp3) is 0.269. The Hall–Kier alpha value is -3.94. The van der Waals surface area contributed by atoms with Crippen LogP contribution in [0, 0.1) is 12.7 Å². The SMILES string of the molecule is COc1ccnc(C(=O)N[C@@H](C)C(=O)O[C@@H](C)[C@@H](c2ccccc2)c2ccc(F)cc2C)c1O. The second kappa shape index (κ2) is 10.8. The van der Waals surface area contributed by atoms with E-state index in [4.69, 9.17) is 9.47 Å². The van der Waals surface area contributed by atoms with E-state index < -0.39 is 29.8 Å². The first-order valence-electron chi connectivity index (χ1n) is 10.8. The van der Waals surface area contributed by atoms with Crippen molar-refractivity contribution in [3.63, 3.8) is 0 Å². The van der Waals surface area contributed by atoms with E-state index in [0.717, 1.165) is 16.7 Å². The average molecular weight is 467 g/mol. The van der Waals surface area contributed by atoms with Crippen molar-refractivity contribution in [1.82, 2.24) is 10.3 Å². The van der Waals surface area contributed by atoms with E-state index in [1.54, 1.807) is 19.9 Å². The maximum atomic E-state index is 13.7. The molecule has 0 unspecified atom stereocenters. The summed E-state index contributed by atoms with van der Waals surface area (Å²) in [6.07, 6.45) is 0.690. The van der Waals surface area contributed by atoms with Gasteiger partial charge in [-0.15, -0.1) is 0 Å². The Morgan fingerprint density at radius 3 is 2.44 bits per heavy atom. The summed E-state index contributed by atoms with van der Waals surface area (Å²) >= 11 is 0. The minimum Gasteiger partial charge on any atom is -0.503 e. The number of hydrogen-bond acceptors (Lipinski definition) is 6. The van der Waals surface area contributed by atoms with Gasteiger partial charge < -0.3 is 19.9 Å². The van der Waals surface area contributed by atoms with E-state index in [0.29, 0.717) is 0 Å². The molecule has 3 atom stereocenters. The maximum Gasteiger partial charge on any atom is 0.328 e. The summed E-state index contributed by atoms with van der Waals surface area (Å²) < 4.78 is 24.4. The molecule has 1 heterocycles. The van der Waals surface area contributed by atoms with Crippen molar-refractivity contribution >= 4 is 11.9 Å². The summed E-state index contributed by atoms with van der Waals surface area (Å²) in [5.74, 6) is -2.44. The third-order valence-electron chi connectivity index (χ3n) is 5.52. The zero-order chi connectivity index (χ0) is 24.8. The summed E-state index contributed by atoms with van der Waals surface area (Å²) in [7, 11) is 1.35. The van der Waals surface area contributed by atoms with Crippen molar-refractivity contribution in [2.75, 3.05) is 7.11 Å². The van der Waals surface area contributed by atoms with Gasteiger partial charge in [-0.2, -0.15) is 0 Å². The van der Waals surface area contributed by atoms with Crippen molar-refractivity contribution < 1.29 is 28.6 Å². The molecule has 7 nitrogen and oxygen atoms in total. The Morgan fingerprint density at radius 2 is 1.79 bits per heavy atom. The number of methoxy groups -OCH3 is 1. The van der Waals surface area contributed by atoms with Crippen LogP contribution in [-0.4, -0.2) is 41.2 Å². The summed E-state index contributed by atoms with van der Waals surface area (Å²) in [5.41, 5.74) is 2.20. The van der Waals surface area contributed by atoms with E-state index >= 15 is 0 Å². The number of pyridine rings is 1. The topological polar surface area (TPSA) is 97.8 Å². The molecule has 0 saturated heterocycles. The Balaban J connectivity index is 1.78. The molecule has 8 heteroatoms. The average Bonchev–Trinajstić information content (AvgIpc) is 2.81. The fourth-order valence-electron chi connectivity index (χ4n) is 3.80. The van der Waals surface area contributed by atoms with E-state index in [1.165, 1.54) is 38.4 Å². The molecule has 0 aliphatic carbocycles. The van der Waals surface area contributed by atoms with Gasteiger partial charge in [0.1, 0.15) is 18.0 Å². The molecule has 178 valence electrons. The zero-order valence-electron chi connectivity index (χ0n) is 19.4. The van der Waals surface area contributed by atoms with Crippen LogP contribution in [-0.2, 0) is 9.53 Å². The lowest BCUT2D eigenvalue weighted by Gasteiger charge is -2.27. The van der Waals surface area contributed by atoms with Gasteiger partial charge in [-0.25, -0.2) is 14.2 Å². The summed E-state index contributed by atoms with van der Waals surface area (Å²) in [4.78, 5) is 29.2. The number of ether oxygens (including phenoxy) is 2. The summed E-state index contributed by atoms with van der Waals surface area (Å²) in [6, 6.07) is 14.4. The Morgan fingerprint density at radius 1 is 1.09 bits per heavy atom. The van der Waals surface area contributed by atoms with Crippen molar-refractivity contribution in [2.24, 2.45) is 0 Å². The van der Waals surface area contributed by atoms with Crippen molar-refractivity contribution in [2.45, 2.75) is 38.8 Å². The number of carbonyl (C=O) groups is 2. The number of aromatic nitrogens is 1. The highest BCUT2D eigenvalue weighted by molar-refractivity contribution is 5.97. The van der Waals surface area contributed by atoms with Crippen LogP contribution in [0.4, 0.5) is 4.39 Å². The van der Waals surface area contributed by atoms with Crippen molar-refractivity contribution in [3.8, 4) is 11.5 Å². The Bertz CT molecular complexity index is 1170. The summed E-state index contributed by atoms with van der Waals surface area (Å²) in [6.45, 7) is 5.03. The van der Waals surface area contributed by atoms with Crippen LogP contribution in [0.25, 0.3) is 0 Å². The number of amides is 1. The number of hydrogen-bond donors (Lipinski definition) is 2. The second-order valence-corrected chi connectivity index (χ2v) is 7.94. The fourth-order valence-corrected chi connectivity index (χ4v) is 3.80. The lowest BCUT2D eigenvalue weighted by atomic mass is 9.85. The number of nitrogens with one attached hydrogen (secondary N) is 1. The van der Waals surface area contributed by atoms with Gasteiger partial charge in [-0.05, 0) is 49.6 Å². The maximum absolute atomic E-state index is 13.7. The van der Waals surface area contributed by atoms with Crippen LogP contribution in [0.5, 0.6) is 11.5 Å². The largest absolute Gasteiger partial charge is 0.503 e. The zero-order valence-corrected chi connectivity index (χ0v) is 19.4. The van der Waals surface area contributed by atoms with Gasteiger partial charge in [0.25, 0.3) is 5.91 Å². The van der Waals surface area contributed by atoms with Crippen LogP contribution < -0.4 is 10.1 Å². The third kappa shape index (κ3) is 5.51. The highest BCUT2D eigenvalue weighted by Gasteiger charge is 2.29. The molecule has 1 amide bonds. The first kappa shape index (κ1) is 24.7. The molecule has 0 fully saturated rings. The molecule has 34 heavy (non-hydrogen) atoms. The number of aryl methyl sites for hydroxylation is 1. The molecule has 3 aromatic rings. The van der Waals surface area contributed by atoms with Gasteiger partial charge in [0, 0.05) is 18.2 Å². The molecule has 0 saturated carbocycles. The first-order valence-corrected chi connectivity index (χ1v) is 10.8. The first-order chi connectivity index (χ1) is 16.2. The van der Waals surface area contributed by atoms with Crippen molar-refractivity contribution in [1.29, 1.82) is 0 Å². The molecule has 1 aromatic heterocycles. The molecular weight excluding hydrogens is 439 g/mol. The lowest BCUT2D eigenvalue weighted by Crippen LogP contribution is -2.41. The van der Waals surface area contributed by atoms with E-state index in [9.17, 15) is 19.1 Å². The molecule has 0 spiro atoms. The lowest BCUT2D eigenvalue weighted by molar-refractivity contribution is -0.150. The predicted molar refractivity (Wildman–Crippen MR) is 124 cm³/mol. The third-order valence-corrected chi connectivity index (χ3v) is 5.52. The van der Waals surface area contributed by atoms with Crippen LogP contribution in [0.15, 0.2) is 60.8 Å². The molecular formula is C26H27FN2O5. The minimum atomic E-state index is -1.02. The number of carbonyl (C=O) groups excluding carboxylic acids is 2. The van der Waals surface area contributed by atoms with E-state index in [2.05, 4.69) is 10.3 Å². The molecule has 3 rings (SSSR count). The number of rotatable bonds is 8. The molecule has 0 aliphatic rings. The molecule has 0 radical (unpaired) electrons. The van der Waals surface area contributed by atoms with E-state index in [-0.39, 0.29) is 23.2 Å². The summed E-state index contributed by atoms with van der Waals surface area (Å²) in [5, 5.41) is 12.6. The van der Waals surface area contributed by atoms with Crippen molar-refractivity contribution in [3.05, 3.63) is 89.0 Å². The normalized spacial score (nSPS) is 13.4. The second-order valence-electron chi connectivity index (χ2n) is 7.94. The Labute approximate surface area is 197 Å². The van der Waals surface area contributed by atoms with Gasteiger partial charge in [0.15, 0.2) is 17.2 Å². The number of aromatic hydroxyl groups is 1. The van der Waals surface area contributed by atoms with Crippen LogP contribution in [0.2, 0.25) is 0 Å². The standard InChI is InChI=1S/C26H27FN2O5/c1-15-14-19(27)10-11-20(15)22(18-8-6-5-7-9-18)17(3)34-26(32)16(2)29-25(31)23-24(30)21(33-4)12-13-28-23/h5-14,16-17,22,30H,1-4H3,(H,29,31)/t16-,17-,22-/m0/s1. The monoisotopic (exact) mass is 466 g/mol. The smallest absolute Gasteiger partial charge is 0.328 e. The van der Waals surface area contributed by atoms with Gasteiger partial charge >= 0.3 is 5.97 Å². The van der Waals surface area contributed by atoms with Crippen LogP contribution in [0.1, 0.15) is 46.9 Å². The van der Waals surface area contributed by atoms with Gasteiger partial charge in [0.2, 0.25) is 0 Å². The van der Waals surface area contributed by atoms with E-state index in [1.807, 2.05) is 30.3 Å². The minimum absolute atomic E-state index is 0.0874. The Kier molecular flexibility index (Phi) is 7.83. The molecule has 0 aliphatic heterocycles.